The van der Waals surface area contributed by atoms with E-state index in [9.17, 15) is 0 Å². The molecule has 0 saturated carbocycles. The average molecular weight is 455 g/mol. The SMILES string of the molecule is ClOC1O[C@H](COCc2ccccc2)[C@@H](OCc2ccccc2)[C@@H]1OCc1ccccc1. The molecule has 5 nitrogen and oxygen atoms in total. The first-order valence-corrected chi connectivity index (χ1v) is 11.0. The van der Waals surface area contributed by atoms with Gasteiger partial charge in [-0.05, 0) is 16.7 Å². The Labute approximate surface area is 194 Å². The molecular formula is C26H27ClO5. The van der Waals surface area contributed by atoms with E-state index in [1.165, 1.54) is 0 Å². The van der Waals surface area contributed by atoms with Crippen LogP contribution < -0.4 is 0 Å². The van der Waals surface area contributed by atoms with Gasteiger partial charge in [0.25, 0.3) is 0 Å². The van der Waals surface area contributed by atoms with E-state index in [0.29, 0.717) is 26.4 Å². The van der Waals surface area contributed by atoms with Crippen molar-refractivity contribution in [1.82, 2.24) is 0 Å². The van der Waals surface area contributed by atoms with Gasteiger partial charge in [0.1, 0.15) is 18.3 Å². The van der Waals surface area contributed by atoms with E-state index in [1.54, 1.807) is 0 Å². The summed E-state index contributed by atoms with van der Waals surface area (Å²) in [6, 6.07) is 29.9. The molecule has 0 aliphatic carbocycles. The van der Waals surface area contributed by atoms with Gasteiger partial charge >= 0.3 is 0 Å². The van der Waals surface area contributed by atoms with E-state index in [0.717, 1.165) is 16.7 Å². The normalized spacial score (nSPS) is 22.8. The minimum atomic E-state index is -0.758. The zero-order chi connectivity index (χ0) is 22.0. The number of ether oxygens (including phenoxy) is 4. The van der Waals surface area contributed by atoms with Crippen molar-refractivity contribution in [2.45, 2.75) is 44.4 Å². The van der Waals surface area contributed by atoms with E-state index in [4.69, 9.17) is 35.1 Å². The largest absolute Gasteiger partial charge is 0.374 e. The van der Waals surface area contributed by atoms with Crippen molar-refractivity contribution in [3.63, 3.8) is 0 Å². The van der Waals surface area contributed by atoms with Crippen LogP contribution >= 0.6 is 11.9 Å². The molecule has 1 aliphatic rings. The van der Waals surface area contributed by atoms with Crippen LogP contribution in [0.3, 0.4) is 0 Å². The molecule has 1 aliphatic heterocycles. The Hall–Kier alpha value is -2.25. The molecule has 3 aromatic carbocycles. The second kappa shape index (κ2) is 12.1. The van der Waals surface area contributed by atoms with Crippen molar-refractivity contribution in [3.05, 3.63) is 108 Å². The van der Waals surface area contributed by atoms with Gasteiger partial charge in [-0.1, -0.05) is 91.0 Å². The molecule has 0 spiro atoms. The molecule has 4 atom stereocenters. The fourth-order valence-corrected chi connectivity index (χ4v) is 3.82. The summed E-state index contributed by atoms with van der Waals surface area (Å²) >= 11 is 5.76. The van der Waals surface area contributed by atoms with Gasteiger partial charge in [-0.3, -0.25) is 0 Å². The minimum absolute atomic E-state index is 0.330. The first kappa shape index (κ1) is 22.9. The fourth-order valence-electron chi connectivity index (χ4n) is 3.68. The molecular weight excluding hydrogens is 428 g/mol. The van der Waals surface area contributed by atoms with E-state index in [1.807, 2.05) is 91.0 Å². The van der Waals surface area contributed by atoms with E-state index in [2.05, 4.69) is 0 Å². The van der Waals surface area contributed by atoms with Crippen molar-refractivity contribution in [1.29, 1.82) is 0 Å². The maximum Gasteiger partial charge on any atom is 0.206 e. The zero-order valence-electron chi connectivity index (χ0n) is 17.7. The van der Waals surface area contributed by atoms with Crippen molar-refractivity contribution >= 4 is 11.9 Å². The third-order valence-electron chi connectivity index (χ3n) is 5.32. The number of rotatable bonds is 11. The van der Waals surface area contributed by atoms with Crippen molar-refractivity contribution in [2.75, 3.05) is 6.61 Å². The molecule has 0 radical (unpaired) electrons. The molecule has 4 rings (SSSR count). The summed E-state index contributed by atoms with van der Waals surface area (Å²) in [5, 5.41) is 0. The Morgan fingerprint density at radius 3 is 1.59 bits per heavy atom. The van der Waals surface area contributed by atoms with Gasteiger partial charge in [-0.15, -0.1) is 0 Å². The monoisotopic (exact) mass is 454 g/mol. The van der Waals surface area contributed by atoms with Crippen molar-refractivity contribution in [2.24, 2.45) is 0 Å². The summed E-state index contributed by atoms with van der Waals surface area (Å²) in [7, 11) is 0. The molecule has 0 aromatic heterocycles. The smallest absolute Gasteiger partial charge is 0.206 e. The van der Waals surface area contributed by atoms with Gasteiger partial charge in [0, 0.05) is 0 Å². The topological polar surface area (TPSA) is 46.2 Å². The van der Waals surface area contributed by atoms with Crippen LogP contribution in [0.1, 0.15) is 16.7 Å². The third kappa shape index (κ3) is 6.39. The summed E-state index contributed by atoms with van der Waals surface area (Å²) < 4.78 is 29.5. The van der Waals surface area contributed by atoms with Crippen molar-refractivity contribution < 1.29 is 23.2 Å². The lowest BCUT2D eigenvalue weighted by molar-refractivity contribution is -0.136. The fraction of sp³-hybridized carbons (Fsp3) is 0.308. The van der Waals surface area contributed by atoms with Crippen LogP contribution in [0.5, 0.6) is 0 Å². The molecule has 32 heavy (non-hydrogen) atoms. The van der Waals surface area contributed by atoms with Crippen LogP contribution in [-0.2, 0) is 43.1 Å². The summed E-state index contributed by atoms with van der Waals surface area (Å²) in [6.45, 7) is 1.63. The highest BCUT2D eigenvalue weighted by atomic mass is 35.5. The first-order chi connectivity index (χ1) is 15.8. The molecule has 0 N–H and O–H groups in total. The standard InChI is InChI=1S/C26H27ClO5/c27-32-26-25(30-18-22-14-8-3-9-15-22)24(29-17-21-12-6-2-7-13-21)23(31-26)19-28-16-20-10-4-1-5-11-20/h1-15,23-26H,16-19H2/t23-,24-,25+,26?/m1/s1. The highest BCUT2D eigenvalue weighted by Crippen LogP contribution is 2.30. The van der Waals surface area contributed by atoms with Gasteiger partial charge < -0.3 is 18.9 Å². The summed E-state index contributed by atoms with van der Waals surface area (Å²) in [5.41, 5.74) is 3.20. The average Bonchev–Trinajstić information content (AvgIpc) is 3.19. The van der Waals surface area contributed by atoms with E-state index < -0.39 is 18.5 Å². The summed E-state index contributed by atoms with van der Waals surface area (Å²) in [4.78, 5) is 0. The number of benzene rings is 3. The van der Waals surface area contributed by atoms with Crippen LogP contribution in [0, 0.1) is 0 Å². The predicted octanol–water partition coefficient (Wildman–Crippen LogP) is 5.27. The summed E-state index contributed by atoms with van der Waals surface area (Å²) in [6.07, 6.45) is -2.04. The lowest BCUT2D eigenvalue weighted by atomic mass is 10.1. The molecule has 0 bridgehead atoms. The third-order valence-corrected chi connectivity index (χ3v) is 5.50. The Morgan fingerprint density at radius 1 is 0.625 bits per heavy atom. The van der Waals surface area contributed by atoms with E-state index in [-0.39, 0.29) is 6.10 Å². The van der Waals surface area contributed by atoms with Gasteiger partial charge in [0.2, 0.25) is 6.29 Å². The van der Waals surface area contributed by atoms with Crippen LogP contribution in [0.4, 0.5) is 0 Å². The quantitative estimate of drug-likeness (QED) is 0.395. The van der Waals surface area contributed by atoms with Crippen molar-refractivity contribution in [3.8, 4) is 0 Å². The predicted molar refractivity (Wildman–Crippen MR) is 122 cm³/mol. The van der Waals surface area contributed by atoms with Crippen LogP contribution in [0.2, 0.25) is 0 Å². The van der Waals surface area contributed by atoms with Gasteiger partial charge in [0.15, 0.2) is 0 Å². The minimum Gasteiger partial charge on any atom is -0.374 e. The molecule has 3 aromatic rings. The first-order valence-electron chi connectivity index (χ1n) is 10.7. The lowest BCUT2D eigenvalue weighted by Gasteiger charge is -2.24. The number of hydrogen-bond acceptors (Lipinski definition) is 5. The van der Waals surface area contributed by atoms with Crippen LogP contribution in [0.15, 0.2) is 91.0 Å². The van der Waals surface area contributed by atoms with Crippen LogP contribution in [-0.4, -0.2) is 31.2 Å². The molecule has 1 unspecified atom stereocenters. The molecule has 1 saturated heterocycles. The Kier molecular flexibility index (Phi) is 8.68. The van der Waals surface area contributed by atoms with Crippen LogP contribution in [0.25, 0.3) is 0 Å². The molecule has 6 heteroatoms. The lowest BCUT2D eigenvalue weighted by Crippen LogP contribution is -2.39. The van der Waals surface area contributed by atoms with Gasteiger partial charge in [0.05, 0.1) is 38.3 Å². The molecule has 168 valence electrons. The van der Waals surface area contributed by atoms with Gasteiger partial charge in [-0.2, -0.15) is 0 Å². The van der Waals surface area contributed by atoms with Gasteiger partial charge in [-0.25, -0.2) is 4.29 Å². The Balaban J connectivity index is 1.42. The highest BCUT2D eigenvalue weighted by molar-refractivity contribution is 6.07. The highest BCUT2D eigenvalue weighted by Gasteiger charge is 2.47. The zero-order valence-corrected chi connectivity index (χ0v) is 18.5. The maximum atomic E-state index is 6.27. The van der Waals surface area contributed by atoms with E-state index >= 15 is 0 Å². The number of hydrogen-bond donors (Lipinski definition) is 0. The Morgan fingerprint density at radius 2 is 1.09 bits per heavy atom. The maximum absolute atomic E-state index is 6.27. The molecule has 1 fully saturated rings. The molecule has 0 amide bonds. The number of halogens is 1. The second-order valence-corrected chi connectivity index (χ2v) is 7.83. The molecule has 1 heterocycles. The summed E-state index contributed by atoms with van der Waals surface area (Å²) in [5.74, 6) is 0. The Bertz CT molecular complexity index is 909. The second-order valence-electron chi connectivity index (χ2n) is 7.66.